The summed E-state index contributed by atoms with van der Waals surface area (Å²) in [6.45, 7) is 2.30. The third-order valence-electron chi connectivity index (χ3n) is 4.14. The zero-order valence-corrected chi connectivity index (χ0v) is 9.95. The third kappa shape index (κ3) is 2.74. The summed E-state index contributed by atoms with van der Waals surface area (Å²) in [4.78, 5) is 13.6. The molecule has 4 nitrogen and oxygen atoms in total. The number of carbonyl (C=O) groups is 1. The summed E-state index contributed by atoms with van der Waals surface area (Å²) in [7, 11) is 0. The Balaban J connectivity index is 1.71. The quantitative estimate of drug-likeness (QED) is 0.427. The molecule has 16 heavy (non-hydrogen) atoms. The summed E-state index contributed by atoms with van der Waals surface area (Å²) in [5.41, 5.74) is 2.19. The summed E-state index contributed by atoms with van der Waals surface area (Å²) >= 11 is 0. The predicted molar refractivity (Wildman–Crippen MR) is 63.5 cm³/mol. The Morgan fingerprint density at radius 1 is 1.31 bits per heavy atom. The molecule has 0 radical (unpaired) electrons. The molecule has 2 aliphatic rings. The predicted octanol–water partition coefficient (Wildman–Crippen LogP) is 1.02. The molecule has 1 aliphatic carbocycles. The number of nitrogens with two attached hydrogens (primary N) is 1. The van der Waals surface area contributed by atoms with Crippen LogP contribution in [0.5, 0.6) is 0 Å². The molecule has 1 saturated carbocycles. The van der Waals surface area contributed by atoms with E-state index in [0.717, 1.165) is 24.9 Å². The number of hydrazine groups is 1. The average molecular weight is 225 g/mol. The monoisotopic (exact) mass is 225 g/mol. The topological polar surface area (TPSA) is 58.4 Å². The number of likely N-dealkylation sites (tertiary alicyclic amines) is 1. The van der Waals surface area contributed by atoms with Crippen LogP contribution in [0.1, 0.15) is 44.9 Å². The highest BCUT2D eigenvalue weighted by Gasteiger charge is 2.34. The third-order valence-corrected chi connectivity index (χ3v) is 4.14. The minimum absolute atomic E-state index is 0.0422. The van der Waals surface area contributed by atoms with Crippen LogP contribution in [0.25, 0.3) is 0 Å². The number of nitrogens with one attached hydrogen (secondary N) is 1. The molecule has 4 heteroatoms. The molecule has 0 bridgehead atoms. The van der Waals surface area contributed by atoms with Crippen molar-refractivity contribution in [2.75, 3.05) is 13.1 Å². The lowest BCUT2D eigenvalue weighted by Gasteiger charge is -2.31. The molecule has 1 amide bonds. The van der Waals surface area contributed by atoms with E-state index >= 15 is 0 Å². The molecule has 1 heterocycles. The molecular formula is C12H23N3O. The van der Waals surface area contributed by atoms with Crippen molar-refractivity contribution in [1.82, 2.24) is 10.3 Å². The molecule has 92 valence electrons. The number of hydrogen-bond acceptors (Lipinski definition) is 3. The first kappa shape index (κ1) is 11.9. The van der Waals surface area contributed by atoms with Crippen molar-refractivity contribution in [2.24, 2.45) is 11.8 Å². The summed E-state index contributed by atoms with van der Waals surface area (Å²) in [5, 5.41) is 0. The van der Waals surface area contributed by atoms with Crippen LogP contribution in [0.2, 0.25) is 0 Å². The molecule has 2 rings (SSSR count). The number of rotatable bonds is 4. The van der Waals surface area contributed by atoms with Gasteiger partial charge in [-0.25, -0.2) is 5.84 Å². The first-order chi connectivity index (χ1) is 7.81. The van der Waals surface area contributed by atoms with Crippen LogP contribution in [0.15, 0.2) is 0 Å². The lowest BCUT2D eigenvalue weighted by molar-refractivity contribution is -0.121. The van der Waals surface area contributed by atoms with E-state index < -0.39 is 0 Å². The molecule has 3 N–H and O–H groups in total. The van der Waals surface area contributed by atoms with Crippen molar-refractivity contribution in [3.63, 3.8) is 0 Å². The van der Waals surface area contributed by atoms with Crippen molar-refractivity contribution in [3.05, 3.63) is 0 Å². The SMILES string of the molecule is NNC(=O)CCCN1CCC2CCCCC21. The Morgan fingerprint density at radius 3 is 2.94 bits per heavy atom. The van der Waals surface area contributed by atoms with Crippen LogP contribution < -0.4 is 11.3 Å². The van der Waals surface area contributed by atoms with Crippen molar-refractivity contribution in [2.45, 2.75) is 51.0 Å². The van der Waals surface area contributed by atoms with Gasteiger partial charge in [0, 0.05) is 12.5 Å². The zero-order chi connectivity index (χ0) is 11.4. The lowest BCUT2D eigenvalue weighted by atomic mass is 9.85. The minimum Gasteiger partial charge on any atom is -0.300 e. The normalized spacial score (nSPS) is 30.1. The van der Waals surface area contributed by atoms with Crippen LogP contribution in [0.3, 0.4) is 0 Å². The van der Waals surface area contributed by atoms with Crippen molar-refractivity contribution in [1.29, 1.82) is 0 Å². The van der Waals surface area contributed by atoms with Gasteiger partial charge in [-0.05, 0) is 44.7 Å². The molecule has 1 saturated heterocycles. The molecule has 0 aromatic heterocycles. The highest BCUT2D eigenvalue weighted by atomic mass is 16.2. The summed E-state index contributed by atoms with van der Waals surface area (Å²) in [6, 6.07) is 0.815. The fraction of sp³-hybridized carbons (Fsp3) is 0.917. The summed E-state index contributed by atoms with van der Waals surface area (Å²) < 4.78 is 0. The number of hydrogen-bond donors (Lipinski definition) is 2. The maximum absolute atomic E-state index is 11.0. The van der Waals surface area contributed by atoms with Gasteiger partial charge in [-0.1, -0.05) is 12.8 Å². The Kier molecular flexibility index (Phi) is 4.18. The van der Waals surface area contributed by atoms with E-state index in [0.29, 0.717) is 6.42 Å². The van der Waals surface area contributed by atoms with Gasteiger partial charge in [0.1, 0.15) is 0 Å². The zero-order valence-electron chi connectivity index (χ0n) is 9.95. The van der Waals surface area contributed by atoms with E-state index in [1.807, 2.05) is 0 Å². The molecule has 0 aromatic rings. The maximum Gasteiger partial charge on any atom is 0.233 e. The van der Waals surface area contributed by atoms with Crippen LogP contribution in [-0.2, 0) is 4.79 Å². The molecule has 0 spiro atoms. The van der Waals surface area contributed by atoms with Crippen LogP contribution >= 0.6 is 0 Å². The first-order valence-electron chi connectivity index (χ1n) is 6.55. The maximum atomic E-state index is 11.0. The van der Waals surface area contributed by atoms with Gasteiger partial charge >= 0.3 is 0 Å². The summed E-state index contributed by atoms with van der Waals surface area (Å²) in [5.74, 6) is 5.96. The van der Waals surface area contributed by atoms with Crippen LogP contribution in [0, 0.1) is 5.92 Å². The smallest absolute Gasteiger partial charge is 0.233 e. The van der Waals surface area contributed by atoms with E-state index in [2.05, 4.69) is 10.3 Å². The molecule has 2 fully saturated rings. The minimum atomic E-state index is -0.0422. The van der Waals surface area contributed by atoms with Gasteiger partial charge in [0.15, 0.2) is 0 Å². The Labute approximate surface area is 97.5 Å². The molecule has 2 atom stereocenters. The van der Waals surface area contributed by atoms with Crippen LogP contribution in [-0.4, -0.2) is 29.9 Å². The fourth-order valence-corrected chi connectivity index (χ4v) is 3.30. The molecule has 2 unspecified atom stereocenters. The van der Waals surface area contributed by atoms with E-state index in [1.165, 1.54) is 38.6 Å². The average Bonchev–Trinajstić information content (AvgIpc) is 2.73. The van der Waals surface area contributed by atoms with E-state index in [-0.39, 0.29) is 5.91 Å². The highest BCUT2D eigenvalue weighted by Crippen LogP contribution is 2.35. The molecule has 0 aromatic carbocycles. The van der Waals surface area contributed by atoms with Gasteiger partial charge in [0.25, 0.3) is 0 Å². The highest BCUT2D eigenvalue weighted by molar-refractivity contribution is 5.75. The van der Waals surface area contributed by atoms with Crippen molar-refractivity contribution in [3.8, 4) is 0 Å². The largest absolute Gasteiger partial charge is 0.300 e. The van der Waals surface area contributed by atoms with Crippen molar-refractivity contribution >= 4 is 5.91 Å². The van der Waals surface area contributed by atoms with E-state index in [1.54, 1.807) is 0 Å². The van der Waals surface area contributed by atoms with Gasteiger partial charge < -0.3 is 4.90 Å². The number of nitrogens with zero attached hydrogens (tertiary/aromatic N) is 1. The van der Waals surface area contributed by atoms with Crippen molar-refractivity contribution < 1.29 is 4.79 Å². The van der Waals surface area contributed by atoms with Gasteiger partial charge in [-0.15, -0.1) is 0 Å². The van der Waals surface area contributed by atoms with E-state index in [9.17, 15) is 4.79 Å². The second-order valence-corrected chi connectivity index (χ2v) is 5.11. The van der Waals surface area contributed by atoms with Gasteiger partial charge in [0.2, 0.25) is 5.91 Å². The standard InChI is InChI=1S/C12H23N3O/c13-14-12(16)6-3-8-15-9-7-10-4-1-2-5-11(10)15/h10-11H,1-9,13H2,(H,14,16). The summed E-state index contributed by atoms with van der Waals surface area (Å²) in [6.07, 6.45) is 8.47. The number of fused-ring (bicyclic) bond motifs is 1. The second kappa shape index (κ2) is 5.64. The second-order valence-electron chi connectivity index (χ2n) is 5.11. The number of amides is 1. The first-order valence-corrected chi connectivity index (χ1v) is 6.55. The Morgan fingerprint density at radius 2 is 2.12 bits per heavy atom. The fourth-order valence-electron chi connectivity index (χ4n) is 3.30. The molecule has 1 aliphatic heterocycles. The number of carbonyl (C=O) groups excluding carboxylic acids is 1. The van der Waals surface area contributed by atoms with Crippen LogP contribution in [0.4, 0.5) is 0 Å². The van der Waals surface area contributed by atoms with Gasteiger partial charge in [-0.2, -0.15) is 0 Å². The lowest BCUT2D eigenvalue weighted by Crippen LogP contribution is -2.36. The molecular weight excluding hydrogens is 202 g/mol. The van der Waals surface area contributed by atoms with Gasteiger partial charge in [-0.3, -0.25) is 10.2 Å². The van der Waals surface area contributed by atoms with Gasteiger partial charge in [0.05, 0.1) is 0 Å². The van der Waals surface area contributed by atoms with E-state index in [4.69, 9.17) is 5.84 Å². The Bertz CT molecular complexity index is 244. The Hall–Kier alpha value is -0.610.